The molecule has 0 atom stereocenters. The van der Waals surface area contributed by atoms with E-state index in [2.05, 4.69) is 48.5 Å². The fraction of sp³-hybridized carbons (Fsp3) is 0.333. The van der Waals surface area contributed by atoms with Crippen LogP contribution in [0.3, 0.4) is 0 Å². The lowest BCUT2D eigenvalue weighted by molar-refractivity contribution is -0.324. The molecule has 3 fully saturated rings. The predicted molar refractivity (Wildman–Crippen MR) is 87.0 cm³/mol. The van der Waals surface area contributed by atoms with Gasteiger partial charge in [0.1, 0.15) is 0 Å². The first-order chi connectivity index (χ1) is 11.0. The van der Waals surface area contributed by atoms with E-state index in [0.29, 0.717) is 25.2 Å². The maximum atomic E-state index is 11.9. The first kappa shape index (κ1) is 15.5. The smallest absolute Gasteiger partial charge is 0.171 e. The van der Waals surface area contributed by atoms with E-state index in [0.717, 1.165) is 0 Å². The summed E-state index contributed by atoms with van der Waals surface area (Å²) in [6, 6.07) is 17.1. The van der Waals surface area contributed by atoms with E-state index in [9.17, 15) is 13.2 Å². The number of hydrogen-bond donors (Lipinski definition) is 0. The van der Waals surface area contributed by atoms with Gasteiger partial charge < -0.3 is 0 Å². The molecule has 0 unspecified atom stereocenters. The van der Waals surface area contributed by atoms with Crippen molar-refractivity contribution in [3.05, 3.63) is 48.5 Å². The summed E-state index contributed by atoms with van der Waals surface area (Å²) in [5, 5.41) is 0. The summed E-state index contributed by atoms with van der Waals surface area (Å²) in [5.74, 6) is 0.423. The van der Waals surface area contributed by atoms with Crippen molar-refractivity contribution >= 4 is 23.5 Å². The van der Waals surface area contributed by atoms with Gasteiger partial charge in [0.05, 0.1) is 5.41 Å². The molecule has 5 heteroatoms. The van der Waals surface area contributed by atoms with Crippen LogP contribution in [0.2, 0.25) is 0 Å². The van der Waals surface area contributed by atoms with Gasteiger partial charge in [-0.05, 0) is 49.4 Å². The Morgan fingerprint density at radius 2 is 1.09 bits per heavy atom. The molecule has 120 valence electrons. The highest BCUT2D eigenvalue weighted by Gasteiger charge is 2.70. The largest absolute Gasteiger partial charge is 0.394 e. The standard InChI is InChI=1S/C12H8S2.C6H7F3/c1-2-6-10-9(5-1)13-11-7-3-4-8-12(11)14-10;7-6(8,9)5-1-4(2-5)3-5/h1-8H;4H,1-3H2. The molecule has 23 heavy (non-hydrogen) atoms. The molecule has 0 aromatic heterocycles. The van der Waals surface area contributed by atoms with Crippen LogP contribution in [0, 0.1) is 11.3 Å². The van der Waals surface area contributed by atoms with Crippen molar-refractivity contribution in [2.45, 2.75) is 45.0 Å². The third kappa shape index (κ3) is 2.68. The van der Waals surface area contributed by atoms with Crippen LogP contribution in [0.25, 0.3) is 0 Å². The Morgan fingerprint density at radius 3 is 1.26 bits per heavy atom. The molecule has 1 aliphatic heterocycles. The molecule has 0 radical (unpaired) electrons. The molecule has 3 saturated carbocycles. The van der Waals surface area contributed by atoms with E-state index in [1.807, 2.05) is 23.5 Å². The monoisotopic (exact) mass is 352 g/mol. The second kappa shape index (κ2) is 5.49. The maximum absolute atomic E-state index is 11.9. The molecule has 2 aromatic rings. The van der Waals surface area contributed by atoms with Gasteiger partial charge >= 0.3 is 6.18 Å². The van der Waals surface area contributed by atoms with E-state index < -0.39 is 11.6 Å². The lowest BCUT2D eigenvalue weighted by Crippen LogP contribution is -2.60. The molecule has 2 bridgehead atoms. The highest BCUT2D eigenvalue weighted by atomic mass is 32.2. The fourth-order valence-electron chi connectivity index (χ4n) is 3.30. The summed E-state index contributed by atoms with van der Waals surface area (Å²) in [6.07, 6.45) is -2.66. The van der Waals surface area contributed by atoms with E-state index in [1.54, 1.807) is 0 Å². The highest BCUT2D eigenvalue weighted by Crippen LogP contribution is 2.71. The lowest BCUT2D eigenvalue weighted by atomic mass is 9.44. The minimum absolute atomic E-state index is 0.413. The summed E-state index contributed by atoms with van der Waals surface area (Å²) >= 11 is 3.72. The number of rotatable bonds is 0. The van der Waals surface area contributed by atoms with Gasteiger partial charge in [0.25, 0.3) is 0 Å². The zero-order valence-corrected chi connectivity index (χ0v) is 13.9. The molecular weight excluding hydrogens is 337 g/mol. The first-order valence-electron chi connectivity index (χ1n) is 7.57. The van der Waals surface area contributed by atoms with Gasteiger partial charge in [0.15, 0.2) is 0 Å². The van der Waals surface area contributed by atoms with Crippen molar-refractivity contribution in [2.75, 3.05) is 0 Å². The van der Waals surface area contributed by atoms with Gasteiger partial charge in [-0.25, -0.2) is 0 Å². The Kier molecular flexibility index (Phi) is 3.69. The normalized spacial score (nSPS) is 26.7. The third-order valence-corrected chi connectivity index (χ3v) is 7.34. The van der Waals surface area contributed by atoms with Crippen molar-refractivity contribution < 1.29 is 13.2 Å². The molecule has 0 nitrogen and oxygen atoms in total. The van der Waals surface area contributed by atoms with E-state index >= 15 is 0 Å². The van der Waals surface area contributed by atoms with Crippen LogP contribution in [-0.2, 0) is 0 Å². The number of alkyl halides is 3. The SMILES string of the molecule is FC(F)(F)C12CC(C1)C2.c1ccc2c(c1)Sc1ccccc1S2. The van der Waals surface area contributed by atoms with Crippen LogP contribution in [0.4, 0.5) is 13.2 Å². The van der Waals surface area contributed by atoms with Crippen LogP contribution in [-0.4, -0.2) is 6.18 Å². The second-order valence-corrected chi connectivity index (χ2v) is 8.52. The molecular formula is C18H15F3S2. The average Bonchev–Trinajstić information content (AvgIpc) is 2.40. The zero-order chi connectivity index (χ0) is 16.1. The van der Waals surface area contributed by atoms with E-state index in [4.69, 9.17) is 0 Å². The summed E-state index contributed by atoms with van der Waals surface area (Å²) in [4.78, 5) is 5.49. The summed E-state index contributed by atoms with van der Waals surface area (Å²) in [7, 11) is 0. The van der Waals surface area contributed by atoms with E-state index in [1.165, 1.54) is 19.6 Å². The number of fused-ring (bicyclic) bond motifs is 2. The van der Waals surface area contributed by atoms with Crippen LogP contribution in [0.1, 0.15) is 19.3 Å². The molecule has 4 aliphatic rings. The number of benzene rings is 2. The summed E-state index contributed by atoms with van der Waals surface area (Å²) in [6.45, 7) is 0. The predicted octanol–water partition coefficient (Wildman–Crippen LogP) is 6.65. The fourth-order valence-corrected chi connectivity index (χ4v) is 5.53. The Hall–Kier alpha value is -1.07. The topological polar surface area (TPSA) is 0 Å². The van der Waals surface area contributed by atoms with Gasteiger partial charge in [-0.15, -0.1) is 0 Å². The van der Waals surface area contributed by atoms with Crippen molar-refractivity contribution in [3.63, 3.8) is 0 Å². The Bertz CT molecular complexity index is 635. The maximum Gasteiger partial charge on any atom is 0.394 e. The van der Waals surface area contributed by atoms with Crippen molar-refractivity contribution in [1.29, 1.82) is 0 Å². The lowest BCUT2D eigenvalue weighted by Gasteiger charge is -2.61. The van der Waals surface area contributed by atoms with Gasteiger partial charge in [-0.2, -0.15) is 13.2 Å². The van der Waals surface area contributed by atoms with Gasteiger partial charge in [0.2, 0.25) is 0 Å². The Balaban J connectivity index is 0.000000130. The van der Waals surface area contributed by atoms with Crippen LogP contribution < -0.4 is 0 Å². The van der Waals surface area contributed by atoms with Crippen molar-refractivity contribution in [1.82, 2.24) is 0 Å². The average molecular weight is 352 g/mol. The second-order valence-electron chi connectivity index (χ2n) is 6.35. The number of hydrogen-bond acceptors (Lipinski definition) is 2. The van der Waals surface area contributed by atoms with Crippen molar-refractivity contribution in [2.24, 2.45) is 11.3 Å². The van der Waals surface area contributed by atoms with E-state index in [-0.39, 0.29) is 0 Å². The molecule has 0 spiro atoms. The van der Waals surface area contributed by atoms with Crippen molar-refractivity contribution in [3.8, 4) is 0 Å². The molecule has 0 saturated heterocycles. The molecule has 2 aromatic carbocycles. The van der Waals surface area contributed by atoms with Gasteiger partial charge in [-0.1, -0.05) is 47.8 Å². The van der Waals surface area contributed by atoms with Crippen LogP contribution >= 0.6 is 23.5 Å². The highest BCUT2D eigenvalue weighted by molar-refractivity contribution is 8.05. The molecule has 6 rings (SSSR count). The molecule has 3 aliphatic carbocycles. The minimum Gasteiger partial charge on any atom is -0.171 e. The third-order valence-electron chi connectivity index (χ3n) is 4.78. The Labute approximate surface area is 141 Å². The minimum atomic E-state index is -3.90. The first-order valence-corrected chi connectivity index (χ1v) is 9.21. The summed E-state index contributed by atoms with van der Waals surface area (Å²) in [5.41, 5.74) is -1.20. The van der Waals surface area contributed by atoms with Crippen LogP contribution in [0.5, 0.6) is 0 Å². The molecule has 0 N–H and O–H groups in total. The zero-order valence-electron chi connectivity index (χ0n) is 12.3. The van der Waals surface area contributed by atoms with Gasteiger partial charge in [-0.3, -0.25) is 0 Å². The quantitative estimate of drug-likeness (QED) is 0.444. The number of halogens is 3. The molecule has 1 heterocycles. The van der Waals surface area contributed by atoms with Crippen LogP contribution in [0.15, 0.2) is 68.1 Å². The molecule has 0 amide bonds. The summed E-state index contributed by atoms with van der Waals surface area (Å²) < 4.78 is 35.8. The van der Waals surface area contributed by atoms with Gasteiger partial charge in [0, 0.05) is 19.6 Å². The Morgan fingerprint density at radius 1 is 0.739 bits per heavy atom.